The van der Waals surface area contributed by atoms with Crippen LogP contribution in [0.2, 0.25) is 0 Å². The van der Waals surface area contributed by atoms with Crippen LogP contribution < -0.4 is 0 Å². The molecular formula is C13H22. The van der Waals surface area contributed by atoms with Crippen molar-refractivity contribution < 1.29 is 0 Å². The van der Waals surface area contributed by atoms with Crippen molar-refractivity contribution in [2.75, 3.05) is 0 Å². The number of hydrogen-bond donors (Lipinski definition) is 0. The second kappa shape index (κ2) is 4.13. The minimum Gasteiger partial charge on any atom is -0.103 e. The molecular weight excluding hydrogens is 156 g/mol. The second-order valence-corrected chi connectivity index (χ2v) is 4.91. The second-order valence-electron chi connectivity index (χ2n) is 4.91. The summed E-state index contributed by atoms with van der Waals surface area (Å²) >= 11 is 0. The van der Waals surface area contributed by atoms with Crippen molar-refractivity contribution in [3.05, 3.63) is 24.8 Å². The first kappa shape index (κ1) is 10.6. The summed E-state index contributed by atoms with van der Waals surface area (Å²) in [6.07, 6.45) is 10.5. The Morgan fingerprint density at radius 1 is 1.54 bits per heavy atom. The molecule has 0 fully saturated rings. The van der Waals surface area contributed by atoms with Crippen LogP contribution in [0.15, 0.2) is 24.8 Å². The Morgan fingerprint density at radius 2 is 2.23 bits per heavy atom. The Kier molecular flexibility index (Phi) is 3.35. The highest BCUT2D eigenvalue weighted by atomic mass is 14.4. The lowest BCUT2D eigenvalue weighted by Gasteiger charge is -2.39. The van der Waals surface area contributed by atoms with Crippen LogP contribution in [-0.2, 0) is 0 Å². The van der Waals surface area contributed by atoms with Crippen LogP contribution in [-0.4, -0.2) is 0 Å². The van der Waals surface area contributed by atoms with Gasteiger partial charge in [0.25, 0.3) is 0 Å². The third-order valence-electron chi connectivity index (χ3n) is 3.38. The van der Waals surface area contributed by atoms with Crippen molar-refractivity contribution in [1.82, 2.24) is 0 Å². The molecule has 1 rings (SSSR count). The molecule has 0 saturated carbocycles. The van der Waals surface area contributed by atoms with Crippen LogP contribution >= 0.6 is 0 Å². The summed E-state index contributed by atoms with van der Waals surface area (Å²) in [6, 6.07) is 0. The SMILES string of the molecule is C=CCC[C@@H]1[C@@H](C)CC=CC1(C)C. The molecule has 0 bridgehead atoms. The molecule has 0 unspecified atom stereocenters. The van der Waals surface area contributed by atoms with Crippen LogP contribution in [0.5, 0.6) is 0 Å². The van der Waals surface area contributed by atoms with E-state index in [-0.39, 0.29) is 0 Å². The topological polar surface area (TPSA) is 0 Å². The molecule has 0 radical (unpaired) electrons. The minimum atomic E-state index is 0.390. The predicted molar refractivity (Wildman–Crippen MR) is 59.6 cm³/mol. The molecule has 1 aliphatic rings. The molecule has 0 nitrogen and oxygen atoms in total. The Hall–Kier alpha value is -0.520. The molecule has 0 aromatic carbocycles. The van der Waals surface area contributed by atoms with Crippen molar-refractivity contribution in [2.45, 2.75) is 40.0 Å². The van der Waals surface area contributed by atoms with Gasteiger partial charge in [0.2, 0.25) is 0 Å². The monoisotopic (exact) mass is 178 g/mol. The predicted octanol–water partition coefficient (Wildman–Crippen LogP) is 4.19. The van der Waals surface area contributed by atoms with E-state index < -0.39 is 0 Å². The highest BCUT2D eigenvalue weighted by Crippen LogP contribution is 2.42. The Morgan fingerprint density at radius 3 is 2.77 bits per heavy atom. The molecule has 0 N–H and O–H groups in total. The van der Waals surface area contributed by atoms with Crippen LogP contribution in [0, 0.1) is 17.3 Å². The number of hydrogen-bond acceptors (Lipinski definition) is 0. The molecule has 0 aromatic heterocycles. The van der Waals surface area contributed by atoms with E-state index >= 15 is 0 Å². The van der Waals surface area contributed by atoms with Crippen LogP contribution in [0.3, 0.4) is 0 Å². The fourth-order valence-electron chi connectivity index (χ4n) is 2.56. The highest BCUT2D eigenvalue weighted by Gasteiger charge is 2.32. The summed E-state index contributed by atoms with van der Waals surface area (Å²) in [7, 11) is 0. The van der Waals surface area contributed by atoms with E-state index in [1.807, 2.05) is 6.08 Å². The standard InChI is InChI=1S/C13H22/c1-5-6-9-12-11(2)8-7-10-13(12,3)4/h5,7,10-12H,1,6,8-9H2,2-4H3/t11-,12+/m0/s1. The van der Waals surface area contributed by atoms with E-state index in [2.05, 4.69) is 39.5 Å². The van der Waals surface area contributed by atoms with Gasteiger partial charge in [0.05, 0.1) is 0 Å². The van der Waals surface area contributed by atoms with Gasteiger partial charge in [0.15, 0.2) is 0 Å². The zero-order valence-corrected chi connectivity index (χ0v) is 9.22. The fourth-order valence-corrected chi connectivity index (χ4v) is 2.56. The number of allylic oxidation sites excluding steroid dienone is 3. The normalized spacial score (nSPS) is 31.6. The first-order chi connectivity index (χ1) is 6.08. The first-order valence-corrected chi connectivity index (χ1v) is 5.36. The van der Waals surface area contributed by atoms with Gasteiger partial charge < -0.3 is 0 Å². The van der Waals surface area contributed by atoms with Crippen molar-refractivity contribution in [3.8, 4) is 0 Å². The van der Waals surface area contributed by atoms with E-state index in [0.717, 1.165) is 18.3 Å². The maximum atomic E-state index is 3.80. The number of rotatable bonds is 3. The molecule has 13 heavy (non-hydrogen) atoms. The molecule has 1 aliphatic carbocycles. The van der Waals surface area contributed by atoms with Gasteiger partial charge in [-0.15, -0.1) is 6.58 Å². The van der Waals surface area contributed by atoms with Crippen molar-refractivity contribution in [1.29, 1.82) is 0 Å². The van der Waals surface area contributed by atoms with E-state index in [1.165, 1.54) is 12.8 Å². The summed E-state index contributed by atoms with van der Waals surface area (Å²) in [5, 5.41) is 0. The summed E-state index contributed by atoms with van der Waals surface area (Å²) in [4.78, 5) is 0. The largest absolute Gasteiger partial charge is 0.103 e. The van der Waals surface area contributed by atoms with Gasteiger partial charge >= 0.3 is 0 Å². The molecule has 0 aliphatic heterocycles. The van der Waals surface area contributed by atoms with Crippen LogP contribution in [0.1, 0.15) is 40.0 Å². The highest BCUT2D eigenvalue weighted by molar-refractivity contribution is 5.05. The lowest BCUT2D eigenvalue weighted by Crippen LogP contribution is -2.30. The molecule has 74 valence electrons. The van der Waals surface area contributed by atoms with Gasteiger partial charge in [0, 0.05) is 0 Å². The summed E-state index contributed by atoms with van der Waals surface area (Å²) in [5.41, 5.74) is 0.390. The molecule has 2 atom stereocenters. The molecule has 0 heteroatoms. The summed E-state index contributed by atoms with van der Waals surface area (Å²) in [6.45, 7) is 10.9. The molecule has 0 aromatic rings. The molecule has 0 spiro atoms. The average molecular weight is 178 g/mol. The Balaban J connectivity index is 2.66. The molecule has 0 saturated heterocycles. The maximum absolute atomic E-state index is 3.80. The van der Waals surface area contributed by atoms with E-state index in [1.54, 1.807) is 0 Å². The van der Waals surface area contributed by atoms with Crippen LogP contribution in [0.4, 0.5) is 0 Å². The fraction of sp³-hybridized carbons (Fsp3) is 0.692. The smallest absolute Gasteiger partial charge is 0.0144 e. The lowest BCUT2D eigenvalue weighted by atomic mass is 9.66. The van der Waals surface area contributed by atoms with Gasteiger partial charge in [-0.2, -0.15) is 0 Å². The average Bonchev–Trinajstić information content (AvgIpc) is 2.02. The minimum absolute atomic E-state index is 0.390. The van der Waals surface area contributed by atoms with Crippen molar-refractivity contribution in [2.24, 2.45) is 17.3 Å². The van der Waals surface area contributed by atoms with E-state index in [4.69, 9.17) is 0 Å². The zero-order chi connectivity index (χ0) is 9.90. The lowest BCUT2D eigenvalue weighted by molar-refractivity contribution is 0.174. The van der Waals surface area contributed by atoms with E-state index in [9.17, 15) is 0 Å². The van der Waals surface area contributed by atoms with Gasteiger partial charge in [-0.1, -0.05) is 39.0 Å². The first-order valence-electron chi connectivity index (χ1n) is 5.36. The Bertz CT molecular complexity index is 198. The quantitative estimate of drug-likeness (QED) is 0.568. The van der Waals surface area contributed by atoms with Gasteiger partial charge in [-0.25, -0.2) is 0 Å². The third kappa shape index (κ3) is 2.46. The van der Waals surface area contributed by atoms with Gasteiger partial charge in [-0.3, -0.25) is 0 Å². The van der Waals surface area contributed by atoms with E-state index in [0.29, 0.717) is 5.41 Å². The maximum Gasteiger partial charge on any atom is -0.0144 e. The summed E-state index contributed by atoms with van der Waals surface area (Å²) in [5.74, 6) is 1.66. The van der Waals surface area contributed by atoms with Gasteiger partial charge in [0.1, 0.15) is 0 Å². The van der Waals surface area contributed by atoms with Crippen LogP contribution in [0.25, 0.3) is 0 Å². The molecule has 0 amide bonds. The Labute approximate surface area is 82.7 Å². The third-order valence-corrected chi connectivity index (χ3v) is 3.38. The zero-order valence-electron chi connectivity index (χ0n) is 9.22. The molecule has 0 heterocycles. The van der Waals surface area contributed by atoms with Crippen molar-refractivity contribution >= 4 is 0 Å². The summed E-state index contributed by atoms with van der Waals surface area (Å²) < 4.78 is 0. The van der Waals surface area contributed by atoms with Gasteiger partial charge in [-0.05, 0) is 36.5 Å². The van der Waals surface area contributed by atoms with Crippen molar-refractivity contribution in [3.63, 3.8) is 0 Å².